The second-order valence-electron chi connectivity index (χ2n) is 4.55. The van der Waals surface area contributed by atoms with Crippen LogP contribution in [0.3, 0.4) is 0 Å². The van der Waals surface area contributed by atoms with Crippen molar-refractivity contribution >= 4 is 5.82 Å². The van der Waals surface area contributed by atoms with Crippen LogP contribution in [0, 0.1) is 5.92 Å². The van der Waals surface area contributed by atoms with Gasteiger partial charge in [0.1, 0.15) is 5.82 Å². The molecule has 3 heteroatoms. The Morgan fingerprint density at radius 2 is 2.25 bits per heavy atom. The molecule has 1 aromatic heterocycles. The molecule has 1 aliphatic carbocycles. The molecule has 1 heterocycles. The van der Waals surface area contributed by atoms with Gasteiger partial charge in [0.25, 0.3) is 0 Å². The lowest BCUT2D eigenvalue weighted by atomic mass is 10.2. The zero-order valence-electron chi connectivity index (χ0n) is 10.0. The lowest BCUT2D eigenvalue weighted by Crippen LogP contribution is -2.26. The zero-order valence-corrected chi connectivity index (χ0v) is 10.0. The van der Waals surface area contributed by atoms with Crippen LogP contribution >= 0.6 is 0 Å². The van der Waals surface area contributed by atoms with Crippen molar-refractivity contribution in [3.63, 3.8) is 0 Å². The van der Waals surface area contributed by atoms with Crippen LogP contribution in [-0.4, -0.2) is 24.6 Å². The molecule has 1 aromatic rings. The summed E-state index contributed by atoms with van der Waals surface area (Å²) in [4.78, 5) is 6.88. The highest BCUT2D eigenvalue weighted by molar-refractivity contribution is 5.39. The van der Waals surface area contributed by atoms with E-state index in [4.69, 9.17) is 5.73 Å². The zero-order chi connectivity index (χ0) is 11.4. The molecule has 0 bridgehead atoms. The van der Waals surface area contributed by atoms with E-state index in [-0.39, 0.29) is 0 Å². The van der Waals surface area contributed by atoms with Gasteiger partial charge in [0.15, 0.2) is 0 Å². The van der Waals surface area contributed by atoms with Crippen LogP contribution in [-0.2, 0) is 6.42 Å². The van der Waals surface area contributed by atoms with Crippen molar-refractivity contribution in [2.24, 2.45) is 11.7 Å². The molecular formula is C13H21N3. The van der Waals surface area contributed by atoms with Crippen molar-refractivity contribution in [1.82, 2.24) is 4.98 Å². The fraction of sp³-hybridized carbons (Fsp3) is 0.615. The van der Waals surface area contributed by atoms with Crippen LogP contribution in [0.25, 0.3) is 0 Å². The summed E-state index contributed by atoms with van der Waals surface area (Å²) in [5, 5.41) is 0. The highest BCUT2D eigenvalue weighted by Gasteiger charge is 2.24. The van der Waals surface area contributed by atoms with E-state index >= 15 is 0 Å². The number of pyridine rings is 1. The minimum atomic E-state index is 0.695. The summed E-state index contributed by atoms with van der Waals surface area (Å²) in [5.41, 5.74) is 6.75. The summed E-state index contributed by atoms with van der Waals surface area (Å²) >= 11 is 0. The van der Waals surface area contributed by atoms with E-state index in [1.807, 2.05) is 6.20 Å². The molecule has 2 rings (SSSR count). The third-order valence-corrected chi connectivity index (χ3v) is 3.12. The molecule has 0 aromatic carbocycles. The van der Waals surface area contributed by atoms with Gasteiger partial charge in [-0.2, -0.15) is 0 Å². The Labute approximate surface area is 97.7 Å². The van der Waals surface area contributed by atoms with Gasteiger partial charge >= 0.3 is 0 Å². The summed E-state index contributed by atoms with van der Waals surface area (Å²) in [6.07, 6.45) is 5.66. The summed E-state index contributed by atoms with van der Waals surface area (Å²) in [6.45, 7) is 5.10. The third-order valence-electron chi connectivity index (χ3n) is 3.12. The van der Waals surface area contributed by atoms with Crippen LogP contribution in [0.1, 0.15) is 25.3 Å². The van der Waals surface area contributed by atoms with Crippen molar-refractivity contribution in [2.45, 2.75) is 26.2 Å². The quantitative estimate of drug-likeness (QED) is 0.793. The molecule has 0 radical (unpaired) electrons. The first-order valence-corrected chi connectivity index (χ1v) is 6.23. The van der Waals surface area contributed by atoms with E-state index in [2.05, 4.69) is 28.9 Å². The average molecular weight is 219 g/mol. The molecule has 3 nitrogen and oxygen atoms in total. The highest BCUT2D eigenvalue weighted by atomic mass is 15.2. The molecule has 2 N–H and O–H groups in total. The van der Waals surface area contributed by atoms with Gasteiger partial charge in [-0.1, -0.05) is 6.07 Å². The largest absolute Gasteiger partial charge is 0.357 e. The molecule has 0 saturated heterocycles. The predicted octanol–water partition coefficient (Wildman–Crippen LogP) is 1.82. The van der Waals surface area contributed by atoms with Crippen molar-refractivity contribution in [2.75, 3.05) is 24.5 Å². The van der Waals surface area contributed by atoms with Gasteiger partial charge in [-0.3, -0.25) is 0 Å². The number of hydrogen-bond acceptors (Lipinski definition) is 3. The predicted molar refractivity (Wildman–Crippen MR) is 67.6 cm³/mol. The minimum absolute atomic E-state index is 0.695. The number of hydrogen-bond donors (Lipinski definition) is 1. The SMILES string of the molecule is CCN(CC1CC1)c1ccc(CCN)cn1. The molecule has 1 fully saturated rings. The molecule has 0 unspecified atom stereocenters. The Bertz CT molecular complexity index is 316. The Kier molecular flexibility index (Phi) is 3.78. The number of rotatable bonds is 6. The first kappa shape index (κ1) is 11.4. The van der Waals surface area contributed by atoms with Crippen molar-refractivity contribution in [3.05, 3.63) is 23.9 Å². The number of nitrogens with two attached hydrogens (primary N) is 1. The molecular weight excluding hydrogens is 198 g/mol. The Balaban J connectivity index is 1.99. The first-order valence-electron chi connectivity index (χ1n) is 6.23. The van der Waals surface area contributed by atoms with Crippen molar-refractivity contribution in [3.8, 4) is 0 Å². The lowest BCUT2D eigenvalue weighted by Gasteiger charge is -2.21. The van der Waals surface area contributed by atoms with E-state index in [1.165, 1.54) is 24.9 Å². The van der Waals surface area contributed by atoms with Gasteiger partial charge in [0.05, 0.1) is 0 Å². The van der Waals surface area contributed by atoms with Crippen LogP contribution in [0.5, 0.6) is 0 Å². The summed E-state index contributed by atoms with van der Waals surface area (Å²) in [6, 6.07) is 4.27. The Hall–Kier alpha value is -1.09. The fourth-order valence-electron chi connectivity index (χ4n) is 1.92. The molecule has 16 heavy (non-hydrogen) atoms. The van der Waals surface area contributed by atoms with E-state index < -0.39 is 0 Å². The second-order valence-corrected chi connectivity index (χ2v) is 4.55. The van der Waals surface area contributed by atoms with Crippen molar-refractivity contribution in [1.29, 1.82) is 0 Å². The first-order chi connectivity index (χ1) is 7.83. The van der Waals surface area contributed by atoms with Gasteiger partial charge < -0.3 is 10.6 Å². The van der Waals surface area contributed by atoms with Crippen LogP contribution < -0.4 is 10.6 Å². The second kappa shape index (κ2) is 5.30. The topological polar surface area (TPSA) is 42.1 Å². The number of anilines is 1. The lowest BCUT2D eigenvalue weighted by molar-refractivity contribution is 0.731. The monoisotopic (exact) mass is 219 g/mol. The standard InChI is InChI=1S/C13H21N3/c1-2-16(10-12-3-4-12)13-6-5-11(7-8-14)9-15-13/h5-6,9,12H,2-4,7-8,10,14H2,1H3. The summed E-state index contributed by atoms with van der Waals surface area (Å²) in [5.74, 6) is 2.01. The number of nitrogens with zero attached hydrogens (tertiary/aromatic N) is 2. The number of aromatic nitrogens is 1. The molecule has 1 aliphatic rings. The van der Waals surface area contributed by atoms with E-state index in [0.29, 0.717) is 6.54 Å². The van der Waals surface area contributed by atoms with E-state index in [0.717, 1.165) is 24.7 Å². The van der Waals surface area contributed by atoms with Gasteiger partial charge in [0, 0.05) is 19.3 Å². The van der Waals surface area contributed by atoms with Gasteiger partial charge in [-0.25, -0.2) is 4.98 Å². The Morgan fingerprint density at radius 1 is 1.44 bits per heavy atom. The maximum absolute atomic E-state index is 5.52. The maximum Gasteiger partial charge on any atom is 0.128 e. The van der Waals surface area contributed by atoms with E-state index in [9.17, 15) is 0 Å². The molecule has 0 atom stereocenters. The molecule has 0 aliphatic heterocycles. The van der Waals surface area contributed by atoms with Crippen LogP contribution in [0.2, 0.25) is 0 Å². The summed E-state index contributed by atoms with van der Waals surface area (Å²) in [7, 11) is 0. The maximum atomic E-state index is 5.52. The van der Waals surface area contributed by atoms with Crippen LogP contribution in [0.4, 0.5) is 5.82 Å². The molecule has 1 saturated carbocycles. The molecule has 0 spiro atoms. The average Bonchev–Trinajstić information content (AvgIpc) is 3.11. The van der Waals surface area contributed by atoms with Crippen molar-refractivity contribution < 1.29 is 0 Å². The van der Waals surface area contributed by atoms with Gasteiger partial charge in [0.2, 0.25) is 0 Å². The highest BCUT2D eigenvalue weighted by Crippen LogP contribution is 2.30. The third kappa shape index (κ3) is 2.95. The summed E-state index contributed by atoms with van der Waals surface area (Å²) < 4.78 is 0. The smallest absolute Gasteiger partial charge is 0.128 e. The Morgan fingerprint density at radius 3 is 2.75 bits per heavy atom. The van der Waals surface area contributed by atoms with Gasteiger partial charge in [-0.15, -0.1) is 0 Å². The van der Waals surface area contributed by atoms with Crippen LogP contribution in [0.15, 0.2) is 18.3 Å². The fourth-order valence-corrected chi connectivity index (χ4v) is 1.92. The van der Waals surface area contributed by atoms with E-state index in [1.54, 1.807) is 0 Å². The minimum Gasteiger partial charge on any atom is -0.357 e. The molecule has 88 valence electrons. The van der Waals surface area contributed by atoms with Gasteiger partial charge in [-0.05, 0) is 50.3 Å². The normalized spacial score (nSPS) is 15.1. The molecule has 0 amide bonds.